The van der Waals surface area contributed by atoms with E-state index in [0.717, 1.165) is 5.56 Å². The molecule has 0 spiro atoms. The monoisotopic (exact) mass is 274 g/mol. The molecule has 0 saturated heterocycles. The summed E-state index contributed by atoms with van der Waals surface area (Å²) in [6, 6.07) is 17.2. The van der Waals surface area contributed by atoms with Gasteiger partial charge >= 0.3 is 0 Å². The van der Waals surface area contributed by atoms with Crippen LogP contribution in [0.15, 0.2) is 70.5 Å². The molecule has 4 heteroatoms. The standard InChI is InChI=1S/C15H14O3S/c16-12-15(11-13-7-3-1-4-8-13)19(17,18)14-9-5-2-6-10-14/h1-11,16H,12H2/b15-11+. The molecule has 19 heavy (non-hydrogen) atoms. The maximum atomic E-state index is 12.3. The summed E-state index contributed by atoms with van der Waals surface area (Å²) in [6.45, 7) is -0.522. The van der Waals surface area contributed by atoms with Crippen LogP contribution in [-0.2, 0) is 9.84 Å². The fourth-order valence-corrected chi connectivity index (χ4v) is 2.97. The highest BCUT2D eigenvalue weighted by Crippen LogP contribution is 2.20. The molecule has 2 aromatic rings. The number of aliphatic hydroxyl groups is 1. The summed E-state index contributed by atoms with van der Waals surface area (Å²) < 4.78 is 24.7. The Morgan fingerprint density at radius 2 is 1.47 bits per heavy atom. The third-order valence-corrected chi connectivity index (χ3v) is 4.51. The minimum absolute atomic E-state index is 0.00935. The summed E-state index contributed by atoms with van der Waals surface area (Å²) >= 11 is 0. The number of hydrogen-bond acceptors (Lipinski definition) is 3. The smallest absolute Gasteiger partial charge is 0.205 e. The van der Waals surface area contributed by atoms with Crippen molar-refractivity contribution >= 4 is 15.9 Å². The van der Waals surface area contributed by atoms with Crippen molar-refractivity contribution in [2.45, 2.75) is 4.90 Å². The van der Waals surface area contributed by atoms with Crippen molar-refractivity contribution in [3.63, 3.8) is 0 Å². The molecule has 98 valence electrons. The normalized spacial score (nSPS) is 12.4. The minimum Gasteiger partial charge on any atom is -0.391 e. The van der Waals surface area contributed by atoms with Gasteiger partial charge in [0.1, 0.15) is 0 Å². The third kappa shape index (κ3) is 3.10. The van der Waals surface area contributed by atoms with Crippen LogP contribution in [0.1, 0.15) is 5.56 Å². The van der Waals surface area contributed by atoms with Crippen LogP contribution in [0.25, 0.3) is 6.08 Å². The Morgan fingerprint density at radius 3 is 2.00 bits per heavy atom. The second kappa shape index (κ2) is 5.82. The second-order valence-corrected chi connectivity index (χ2v) is 6.00. The van der Waals surface area contributed by atoms with Gasteiger partial charge < -0.3 is 5.11 Å². The summed E-state index contributed by atoms with van der Waals surface area (Å²) in [4.78, 5) is 0.177. The first-order chi connectivity index (χ1) is 9.14. The van der Waals surface area contributed by atoms with Crippen molar-refractivity contribution in [2.75, 3.05) is 6.61 Å². The zero-order valence-corrected chi connectivity index (χ0v) is 11.0. The summed E-state index contributed by atoms with van der Waals surface area (Å²) in [5.74, 6) is 0. The van der Waals surface area contributed by atoms with E-state index < -0.39 is 16.4 Å². The lowest BCUT2D eigenvalue weighted by molar-refractivity contribution is 0.338. The zero-order valence-electron chi connectivity index (χ0n) is 10.2. The first kappa shape index (κ1) is 13.5. The van der Waals surface area contributed by atoms with Gasteiger partial charge in [0.25, 0.3) is 0 Å². The van der Waals surface area contributed by atoms with Crippen molar-refractivity contribution in [2.24, 2.45) is 0 Å². The van der Waals surface area contributed by atoms with Crippen LogP contribution < -0.4 is 0 Å². The van der Waals surface area contributed by atoms with E-state index in [1.807, 2.05) is 18.2 Å². The first-order valence-corrected chi connectivity index (χ1v) is 7.29. The Morgan fingerprint density at radius 1 is 0.947 bits per heavy atom. The summed E-state index contributed by atoms with van der Waals surface area (Å²) in [5.41, 5.74) is 0.742. The van der Waals surface area contributed by atoms with Crippen LogP contribution in [-0.4, -0.2) is 20.1 Å². The van der Waals surface area contributed by atoms with E-state index >= 15 is 0 Å². The summed E-state index contributed by atoms with van der Waals surface area (Å²) in [6.07, 6.45) is 1.49. The van der Waals surface area contributed by atoms with Gasteiger partial charge in [-0.1, -0.05) is 48.5 Å². The lowest BCUT2D eigenvalue weighted by Crippen LogP contribution is -2.08. The Kier molecular flexibility index (Phi) is 4.14. The largest absolute Gasteiger partial charge is 0.391 e. The maximum Gasteiger partial charge on any atom is 0.205 e. The van der Waals surface area contributed by atoms with Gasteiger partial charge in [-0.15, -0.1) is 0 Å². The number of aliphatic hydroxyl groups excluding tert-OH is 1. The molecule has 0 aliphatic carbocycles. The van der Waals surface area contributed by atoms with Gasteiger partial charge in [0, 0.05) is 0 Å². The van der Waals surface area contributed by atoms with Crippen LogP contribution in [0, 0.1) is 0 Å². The van der Waals surface area contributed by atoms with Crippen molar-refractivity contribution in [3.8, 4) is 0 Å². The minimum atomic E-state index is -3.64. The van der Waals surface area contributed by atoms with E-state index in [9.17, 15) is 13.5 Å². The molecule has 1 N–H and O–H groups in total. The molecular weight excluding hydrogens is 260 g/mol. The Balaban J connectivity index is 2.46. The van der Waals surface area contributed by atoms with Crippen LogP contribution in [0.4, 0.5) is 0 Å². The molecule has 2 aromatic carbocycles. The van der Waals surface area contributed by atoms with Gasteiger partial charge in [-0.3, -0.25) is 0 Å². The molecule has 0 aliphatic heterocycles. The van der Waals surface area contributed by atoms with Crippen molar-refractivity contribution in [1.82, 2.24) is 0 Å². The van der Waals surface area contributed by atoms with E-state index in [4.69, 9.17) is 0 Å². The fraction of sp³-hybridized carbons (Fsp3) is 0.0667. The molecule has 2 rings (SSSR count). The van der Waals surface area contributed by atoms with Crippen molar-refractivity contribution in [1.29, 1.82) is 0 Å². The molecule has 0 aliphatic rings. The lowest BCUT2D eigenvalue weighted by atomic mass is 10.2. The number of hydrogen-bond donors (Lipinski definition) is 1. The van der Waals surface area contributed by atoms with E-state index in [0.29, 0.717) is 0 Å². The molecular formula is C15H14O3S. The van der Waals surface area contributed by atoms with E-state index in [1.165, 1.54) is 18.2 Å². The first-order valence-electron chi connectivity index (χ1n) is 5.81. The van der Waals surface area contributed by atoms with E-state index in [-0.39, 0.29) is 9.80 Å². The number of benzene rings is 2. The Hall–Kier alpha value is -1.91. The van der Waals surface area contributed by atoms with E-state index in [1.54, 1.807) is 30.3 Å². The van der Waals surface area contributed by atoms with Crippen LogP contribution in [0.5, 0.6) is 0 Å². The third-order valence-electron chi connectivity index (χ3n) is 2.68. The van der Waals surface area contributed by atoms with Gasteiger partial charge in [0.15, 0.2) is 0 Å². The topological polar surface area (TPSA) is 54.4 Å². The van der Waals surface area contributed by atoms with Gasteiger partial charge in [-0.05, 0) is 23.8 Å². The summed E-state index contributed by atoms with van der Waals surface area (Å²) in [5, 5.41) is 9.34. The molecule has 0 saturated carbocycles. The molecule has 0 radical (unpaired) electrons. The molecule has 0 aromatic heterocycles. The Bertz CT molecular complexity index is 659. The van der Waals surface area contributed by atoms with Gasteiger partial charge in [0.05, 0.1) is 16.4 Å². The highest BCUT2D eigenvalue weighted by atomic mass is 32.2. The SMILES string of the molecule is O=S(=O)(/C(=C/c1ccccc1)CO)c1ccccc1. The van der Waals surface area contributed by atoms with Crippen LogP contribution >= 0.6 is 0 Å². The van der Waals surface area contributed by atoms with Crippen LogP contribution in [0.2, 0.25) is 0 Å². The predicted molar refractivity (Wildman–Crippen MR) is 75.1 cm³/mol. The molecule has 0 bridgehead atoms. The van der Waals surface area contributed by atoms with E-state index in [2.05, 4.69) is 0 Å². The molecule has 0 atom stereocenters. The molecule has 0 heterocycles. The number of sulfone groups is 1. The zero-order chi connectivity index (χ0) is 13.7. The maximum absolute atomic E-state index is 12.3. The summed E-state index contributed by atoms with van der Waals surface area (Å²) in [7, 11) is -3.64. The number of rotatable bonds is 4. The van der Waals surface area contributed by atoms with Gasteiger partial charge in [-0.2, -0.15) is 0 Å². The van der Waals surface area contributed by atoms with Gasteiger partial charge in [-0.25, -0.2) is 8.42 Å². The van der Waals surface area contributed by atoms with Crippen molar-refractivity contribution < 1.29 is 13.5 Å². The lowest BCUT2D eigenvalue weighted by Gasteiger charge is -2.06. The second-order valence-electron chi connectivity index (χ2n) is 4.00. The molecule has 0 unspecified atom stereocenters. The highest BCUT2D eigenvalue weighted by Gasteiger charge is 2.19. The predicted octanol–water partition coefficient (Wildman–Crippen LogP) is 2.49. The van der Waals surface area contributed by atoms with Gasteiger partial charge in [0.2, 0.25) is 9.84 Å². The molecule has 0 amide bonds. The van der Waals surface area contributed by atoms with Crippen LogP contribution in [0.3, 0.4) is 0 Å². The Labute approximate surface area is 112 Å². The van der Waals surface area contributed by atoms with Crippen molar-refractivity contribution in [3.05, 3.63) is 71.1 Å². The fourth-order valence-electron chi connectivity index (χ4n) is 1.69. The average molecular weight is 274 g/mol. The average Bonchev–Trinajstić information content (AvgIpc) is 2.46. The molecule has 3 nitrogen and oxygen atoms in total. The highest BCUT2D eigenvalue weighted by molar-refractivity contribution is 7.95. The molecule has 0 fully saturated rings. The quantitative estimate of drug-likeness (QED) is 0.932.